The Morgan fingerprint density at radius 1 is 1.03 bits per heavy atom. The number of nitrogens with zero attached hydrogens (tertiary/aromatic N) is 3. The van der Waals surface area contributed by atoms with Crippen molar-refractivity contribution >= 4 is 23.4 Å². The van der Waals surface area contributed by atoms with Gasteiger partial charge in [-0.3, -0.25) is 4.79 Å². The summed E-state index contributed by atoms with van der Waals surface area (Å²) in [4.78, 5) is 23.8. The molecule has 2 N–H and O–H groups in total. The highest BCUT2D eigenvalue weighted by molar-refractivity contribution is 5.82. The Hall–Kier alpha value is -2.67. The van der Waals surface area contributed by atoms with Gasteiger partial charge in [0, 0.05) is 24.3 Å². The van der Waals surface area contributed by atoms with Gasteiger partial charge in [0.25, 0.3) is 0 Å². The summed E-state index contributed by atoms with van der Waals surface area (Å²) >= 11 is 0. The molecule has 1 saturated heterocycles. The highest BCUT2D eigenvalue weighted by Crippen LogP contribution is 2.42. The van der Waals surface area contributed by atoms with Crippen LogP contribution in [0, 0.1) is 0 Å². The topological polar surface area (TPSA) is 87.6 Å². The summed E-state index contributed by atoms with van der Waals surface area (Å²) in [7, 11) is 0. The zero-order chi connectivity index (χ0) is 20.6. The van der Waals surface area contributed by atoms with Crippen molar-refractivity contribution in [3.05, 3.63) is 41.1 Å². The molecule has 1 aliphatic heterocycles. The molecule has 1 aromatic carbocycles. The molecule has 2 heterocycles. The van der Waals surface area contributed by atoms with Gasteiger partial charge in [0.15, 0.2) is 0 Å². The van der Waals surface area contributed by atoms with Crippen LogP contribution >= 0.6 is 0 Å². The molecule has 5 rings (SSSR count). The number of aliphatic carboxylic acids is 1. The van der Waals surface area contributed by atoms with E-state index < -0.39 is 11.4 Å². The Morgan fingerprint density at radius 2 is 1.77 bits per heavy atom. The van der Waals surface area contributed by atoms with Crippen molar-refractivity contribution in [3.8, 4) is 0 Å². The first-order valence-corrected chi connectivity index (χ1v) is 11.0. The monoisotopic (exact) mass is 408 g/mol. The number of aryl methyl sites for hydroxylation is 1. The minimum atomic E-state index is -0.724. The Balaban J connectivity index is 1.41. The molecule has 0 atom stereocenters. The van der Waals surface area contributed by atoms with Gasteiger partial charge >= 0.3 is 5.97 Å². The predicted molar refractivity (Wildman–Crippen MR) is 115 cm³/mol. The van der Waals surface area contributed by atoms with E-state index in [9.17, 15) is 9.90 Å². The minimum absolute atomic E-state index is 0.704. The quantitative estimate of drug-likeness (QED) is 0.783. The number of aromatic nitrogens is 2. The number of hydrogen-bond donors (Lipinski definition) is 2. The molecule has 1 aromatic heterocycles. The molecular formula is C23H28N4O3. The van der Waals surface area contributed by atoms with Gasteiger partial charge in [-0.1, -0.05) is 25.0 Å². The highest BCUT2D eigenvalue weighted by atomic mass is 16.5. The van der Waals surface area contributed by atoms with Crippen LogP contribution in [-0.4, -0.2) is 47.3 Å². The smallest absolute Gasteiger partial charge is 0.314 e. The van der Waals surface area contributed by atoms with Crippen LogP contribution < -0.4 is 10.2 Å². The first-order valence-electron chi connectivity index (χ1n) is 11.0. The lowest BCUT2D eigenvalue weighted by Crippen LogP contribution is -2.37. The van der Waals surface area contributed by atoms with Crippen LogP contribution in [0.4, 0.5) is 17.5 Å². The van der Waals surface area contributed by atoms with Crippen LogP contribution in [0.5, 0.6) is 0 Å². The van der Waals surface area contributed by atoms with Crippen molar-refractivity contribution < 1.29 is 14.6 Å². The van der Waals surface area contributed by atoms with E-state index in [2.05, 4.69) is 10.2 Å². The van der Waals surface area contributed by atoms with Crippen molar-refractivity contribution in [1.82, 2.24) is 9.97 Å². The fraction of sp³-hybridized carbons (Fsp3) is 0.522. The number of nitrogens with one attached hydrogen (secondary N) is 1. The van der Waals surface area contributed by atoms with E-state index in [1.165, 1.54) is 5.56 Å². The number of fused-ring (bicyclic) bond motifs is 1. The maximum atomic E-state index is 12.0. The number of anilines is 3. The van der Waals surface area contributed by atoms with Gasteiger partial charge in [-0.2, -0.15) is 4.98 Å². The van der Waals surface area contributed by atoms with Crippen molar-refractivity contribution in [2.24, 2.45) is 0 Å². The lowest BCUT2D eigenvalue weighted by atomic mass is 9.79. The van der Waals surface area contributed by atoms with E-state index in [4.69, 9.17) is 14.7 Å². The maximum absolute atomic E-state index is 12.0. The van der Waals surface area contributed by atoms with E-state index in [-0.39, 0.29) is 0 Å². The fourth-order valence-corrected chi connectivity index (χ4v) is 5.04. The summed E-state index contributed by atoms with van der Waals surface area (Å²) in [5.41, 5.74) is 3.45. The molecule has 0 unspecified atom stereocenters. The molecule has 7 heteroatoms. The van der Waals surface area contributed by atoms with Gasteiger partial charge in [-0.15, -0.1) is 0 Å². The number of morpholine rings is 1. The van der Waals surface area contributed by atoms with Crippen LogP contribution in [0.3, 0.4) is 0 Å². The summed E-state index contributed by atoms with van der Waals surface area (Å²) < 4.78 is 5.46. The van der Waals surface area contributed by atoms with E-state index >= 15 is 0 Å². The molecule has 158 valence electrons. The fourth-order valence-electron chi connectivity index (χ4n) is 5.04. The lowest BCUT2D eigenvalue weighted by Gasteiger charge is -2.27. The summed E-state index contributed by atoms with van der Waals surface area (Å²) in [6, 6.07) is 7.89. The third-order valence-electron chi connectivity index (χ3n) is 6.78. The van der Waals surface area contributed by atoms with Gasteiger partial charge in [-0.05, 0) is 49.8 Å². The number of ether oxygens (including phenoxy) is 1. The SMILES string of the molecule is O=C(O)C1(c2ccc(Nc3nc(N4CCOCC4)nc4c3CCC4)cc2)CCCC1. The number of carbonyl (C=O) groups is 1. The van der Waals surface area contributed by atoms with Crippen molar-refractivity contribution in [2.45, 2.75) is 50.4 Å². The second-order valence-corrected chi connectivity index (χ2v) is 8.55. The molecule has 0 amide bonds. The molecule has 0 bridgehead atoms. The second kappa shape index (κ2) is 7.87. The summed E-state index contributed by atoms with van der Waals surface area (Å²) in [6.07, 6.45) is 6.47. The number of hydrogen-bond acceptors (Lipinski definition) is 6. The second-order valence-electron chi connectivity index (χ2n) is 8.55. The minimum Gasteiger partial charge on any atom is -0.481 e. The highest BCUT2D eigenvalue weighted by Gasteiger charge is 2.42. The van der Waals surface area contributed by atoms with Gasteiger partial charge in [0.1, 0.15) is 5.82 Å². The third kappa shape index (κ3) is 3.41. The van der Waals surface area contributed by atoms with E-state index in [0.29, 0.717) is 13.2 Å². The molecule has 30 heavy (non-hydrogen) atoms. The van der Waals surface area contributed by atoms with Crippen molar-refractivity contribution in [3.63, 3.8) is 0 Å². The molecule has 7 nitrogen and oxygen atoms in total. The van der Waals surface area contributed by atoms with E-state index in [0.717, 1.165) is 86.7 Å². The third-order valence-corrected chi connectivity index (χ3v) is 6.78. The van der Waals surface area contributed by atoms with Gasteiger partial charge in [-0.25, -0.2) is 4.98 Å². The summed E-state index contributed by atoms with van der Waals surface area (Å²) in [5, 5.41) is 13.3. The van der Waals surface area contributed by atoms with E-state index in [1.807, 2.05) is 24.3 Å². The Morgan fingerprint density at radius 3 is 2.47 bits per heavy atom. The average Bonchev–Trinajstić information content (AvgIpc) is 3.45. The van der Waals surface area contributed by atoms with Crippen LogP contribution in [0.15, 0.2) is 24.3 Å². The first-order chi connectivity index (χ1) is 14.7. The predicted octanol–water partition coefficient (Wildman–Crippen LogP) is 3.44. The number of benzene rings is 1. The number of rotatable bonds is 5. The normalized spacial score (nSPS) is 20.2. The lowest BCUT2D eigenvalue weighted by molar-refractivity contribution is -0.143. The Bertz CT molecular complexity index is 932. The molecule has 3 aliphatic rings. The molecule has 0 spiro atoms. The maximum Gasteiger partial charge on any atom is 0.314 e. The molecule has 2 aliphatic carbocycles. The first kappa shape index (κ1) is 19.3. The largest absolute Gasteiger partial charge is 0.481 e. The molecular weight excluding hydrogens is 380 g/mol. The van der Waals surface area contributed by atoms with Crippen molar-refractivity contribution in [2.75, 3.05) is 36.5 Å². The van der Waals surface area contributed by atoms with Crippen molar-refractivity contribution in [1.29, 1.82) is 0 Å². The number of carboxylic acids is 1. The average molecular weight is 409 g/mol. The Kier molecular flexibility index (Phi) is 5.06. The molecule has 2 fully saturated rings. The van der Waals surface area contributed by atoms with Crippen LogP contribution in [0.25, 0.3) is 0 Å². The molecule has 2 aromatic rings. The van der Waals surface area contributed by atoms with Gasteiger partial charge in [0.05, 0.1) is 24.3 Å². The van der Waals surface area contributed by atoms with Gasteiger partial charge < -0.3 is 20.1 Å². The summed E-state index contributed by atoms with van der Waals surface area (Å²) in [6.45, 7) is 3.03. The molecule has 1 saturated carbocycles. The number of carboxylic acid groups (broad SMARTS) is 1. The van der Waals surface area contributed by atoms with E-state index in [1.54, 1.807) is 0 Å². The zero-order valence-electron chi connectivity index (χ0n) is 17.2. The summed E-state index contributed by atoms with van der Waals surface area (Å²) in [5.74, 6) is 0.943. The van der Waals surface area contributed by atoms with Crippen LogP contribution in [0.2, 0.25) is 0 Å². The van der Waals surface area contributed by atoms with Gasteiger partial charge in [0.2, 0.25) is 5.95 Å². The van der Waals surface area contributed by atoms with Crippen LogP contribution in [-0.2, 0) is 27.8 Å². The van der Waals surface area contributed by atoms with Crippen LogP contribution in [0.1, 0.15) is 48.9 Å². The molecule has 0 radical (unpaired) electrons. The Labute approximate surface area is 176 Å². The standard InChI is InChI=1S/C23H28N4O3/c28-21(29)23(10-1-2-11-23)16-6-8-17(9-7-16)24-20-18-4-3-5-19(18)25-22(26-20)27-12-14-30-15-13-27/h6-9H,1-5,10-15H2,(H,28,29)(H,24,25,26). The zero-order valence-corrected chi connectivity index (χ0v) is 17.2.